The summed E-state index contributed by atoms with van der Waals surface area (Å²) in [6, 6.07) is -0.166. The molecule has 0 aliphatic rings. The van der Waals surface area contributed by atoms with E-state index in [2.05, 4.69) is 15.6 Å². The van der Waals surface area contributed by atoms with Gasteiger partial charge in [-0.2, -0.15) is 0 Å². The van der Waals surface area contributed by atoms with Crippen molar-refractivity contribution in [1.29, 1.82) is 0 Å². The third-order valence-corrected chi connectivity index (χ3v) is 2.97. The number of nitrogens with zero attached hydrogens (tertiary/aromatic N) is 1. The van der Waals surface area contributed by atoms with Gasteiger partial charge in [-0.3, -0.25) is 9.59 Å². The van der Waals surface area contributed by atoms with E-state index in [0.717, 1.165) is 5.01 Å². The second kappa shape index (κ2) is 6.31. The quantitative estimate of drug-likeness (QED) is 0.647. The molecule has 1 unspecified atom stereocenters. The average molecular weight is 256 g/mol. The number of amides is 2. The van der Waals surface area contributed by atoms with Gasteiger partial charge < -0.3 is 16.4 Å². The molecule has 0 aromatic carbocycles. The first-order chi connectivity index (χ1) is 8.00. The van der Waals surface area contributed by atoms with Gasteiger partial charge in [-0.1, -0.05) is 0 Å². The zero-order valence-electron chi connectivity index (χ0n) is 9.82. The summed E-state index contributed by atoms with van der Waals surface area (Å²) in [6.45, 7) is 4.03. The Balaban J connectivity index is 2.39. The highest BCUT2D eigenvalue weighted by Gasteiger charge is 2.11. The SMILES string of the molecule is CC(=O)NCCNC(=O)c1csc(C(C)N)n1. The fraction of sp³-hybridized carbons (Fsp3) is 0.500. The topological polar surface area (TPSA) is 97.1 Å². The second-order valence-corrected chi connectivity index (χ2v) is 4.49. The highest BCUT2D eigenvalue weighted by molar-refractivity contribution is 7.09. The molecule has 0 saturated heterocycles. The van der Waals surface area contributed by atoms with Crippen molar-refractivity contribution >= 4 is 23.2 Å². The molecule has 0 aliphatic carbocycles. The van der Waals surface area contributed by atoms with Crippen molar-refractivity contribution in [3.8, 4) is 0 Å². The van der Waals surface area contributed by atoms with Crippen molar-refractivity contribution in [2.24, 2.45) is 5.73 Å². The molecule has 1 aromatic heterocycles. The minimum absolute atomic E-state index is 0.118. The molecule has 6 nitrogen and oxygen atoms in total. The Bertz CT molecular complexity index is 403. The van der Waals surface area contributed by atoms with Gasteiger partial charge in [0, 0.05) is 25.4 Å². The molecule has 4 N–H and O–H groups in total. The van der Waals surface area contributed by atoms with Gasteiger partial charge in [0.15, 0.2) is 0 Å². The maximum absolute atomic E-state index is 11.6. The molecule has 0 aliphatic heterocycles. The molecule has 1 heterocycles. The molecular weight excluding hydrogens is 240 g/mol. The van der Waals surface area contributed by atoms with E-state index in [-0.39, 0.29) is 17.9 Å². The van der Waals surface area contributed by atoms with E-state index in [1.54, 1.807) is 5.38 Å². The zero-order chi connectivity index (χ0) is 12.8. The predicted molar refractivity (Wildman–Crippen MR) is 65.7 cm³/mol. The lowest BCUT2D eigenvalue weighted by molar-refractivity contribution is -0.118. The van der Waals surface area contributed by atoms with Crippen LogP contribution in [0.4, 0.5) is 0 Å². The van der Waals surface area contributed by atoms with Gasteiger partial charge in [-0.25, -0.2) is 4.98 Å². The van der Waals surface area contributed by atoms with E-state index in [0.29, 0.717) is 18.8 Å². The lowest BCUT2D eigenvalue weighted by atomic mass is 10.4. The van der Waals surface area contributed by atoms with E-state index >= 15 is 0 Å². The van der Waals surface area contributed by atoms with E-state index in [4.69, 9.17) is 5.73 Å². The fourth-order valence-corrected chi connectivity index (χ4v) is 1.86. The summed E-state index contributed by atoms with van der Waals surface area (Å²) < 4.78 is 0. The smallest absolute Gasteiger partial charge is 0.270 e. The Morgan fingerprint density at radius 3 is 2.65 bits per heavy atom. The molecule has 94 valence electrons. The summed E-state index contributed by atoms with van der Waals surface area (Å²) in [7, 11) is 0. The van der Waals surface area contributed by atoms with Crippen LogP contribution in [0.2, 0.25) is 0 Å². The van der Waals surface area contributed by atoms with Crippen LogP contribution in [0, 0.1) is 0 Å². The van der Waals surface area contributed by atoms with Crippen LogP contribution in [0.3, 0.4) is 0 Å². The standard InChI is InChI=1S/C10H16N4O2S/c1-6(11)10-14-8(5-17-10)9(16)13-4-3-12-7(2)15/h5-6H,3-4,11H2,1-2H3,(H,12,15)(H,13,16). The van der Waals surface area contributed by atoms with Crippen LogP contribution in [0.25, 0.3) is 0 Å². The second-order valence-electron chi connectivity index (χ2n) is 3.60. The Kier molecular flexibility index (Phi) is 5.05. The average Bonchev–Trinajstić information content (AvgIpc) is 2.73. The number of carbonyl (C=O) groups excluding carboxylic acids is 2. The molecule has 2 amide bonds. The zero-order valence-corrected chi connectivity index (χ0v) is 10.6. The normalized spacial score (nSPS) is 11.9. The molecule has 1 aromatic rings. The lowest BCUT2D eigenvalue weighted by Gasteiger charge is -2.03. The molecule has 0 radical (unpaired) electrons. The highest BCUT2D eigenvalue weighted by atomic mass is 32.1. The molecule has 1 atom stereocenters. The minimum Gasteiger partial charge on any atom is -0.355 e. The van der Waals surface area contributed by atoms with Gasteiger partial charge in [0.25, 0.3) is 5.91 Å². The van der Waals surface area contributed by atoms with Crippen molar-refractivity contribution in [2.75, 3.05) is 13.1 Å². The molecule has 0 bridgehead atoms. The summed E-state index contributed by atoms with van der Waals surface area (Å²) in [5.74, 6) is -0.370. The number of carbonyl (C=O) groups is 2. The van der Waals surface area contributed by atoms with Crippen LogP contribution in [0.5, 0.6) is 0 Å². The Hall–Kier alpha value is -1.47. The number of aromatic nitrogens is 1. The number of nitrogens with one attached hydrogen (secondary N) is 2. The summed E-state index contributed by atoms with van der Waals surface area (Å²) in [5.41, 5.74) is 6.02. The monoisotopic (exact) mass is 256 g/mol. The van der Waals surface area contributed by atoms with Crippen molar-refractivity contribution in [3.63, 3.8) is 0 Å². The number of hydrogen-bond donors (Lipinski definition) is 3. The Labute approximate surface area is 104 Å². The van der Waals surface area contributed by atoms with Gasteiger partial charge >= 0.3 is 0 Å². The van der Waals surface area contributed by atoms with E-state index in [9.17, 15) is 9.59 Å². The van der Waals surface area contributed by atoms with Gasteiger partial charge in [0.2, 0.25) is 5.91 Å². The largest absolute Gasteiger partial charge is 0.355 e. The van der Waals surface area contributed by atoms with Gasteiger partial charge in [0.05, 0.1) is 6.04 Å². The highest BCUT2D eigenvalue weighted by Crippen LogP contribution is 2.15. The van der Waals surface area contributed by atoms with Gasteiger partial charge in [0.1, 0.15) is 10.7 Å². The van der Waals surface area contributed by atoms with Crippen molar-refractivity contribution in [3.05, 3.63) is 16.1 Å². The molecule has 0 spiro atoms. The first-order valence-electron chi connectivity index (χ1n) is 5.24. The van der Waals surface area contributed by atoms with Crippen LogP contribution in [-0.2, 0) is 4.79 Å². The minimum atomic E-state index is -0.251. The number of thiazole rings is 1. The predicted octanol–water partition coefficient (Wildman–Crippen LogP) is 0.0287. The van der Waals surface area contributed by atoms with E-state index < -0.39 is 0 Å². The first kappa shape index (κ1) is 13.6. The summed E-state index contributed by atoms with van der Waals surface area (Å²) in [6.07, 6.45) is 0. The number of hydrogen-bond acceptors (Lipinski definition) is 5. The molecule has 7 heteroatoms. The first-order valence-corrected chi connectivity index (χ1v) is 6.12. The summed E-state index contributed by atoms with van der Waals surface area (Å²) in [5, 5.41) is 7.65. The summed E-state index contributed by atoms with van der Waals surface area (Å²) in [4.78, 5) is 26.3. The van der Waals surface area contributed by atoms with Crippen LogP contribution in [-0.4, -0.2) is 29.9 Å². The van der Waals surface area contributed by atoms with Crippen LogP contribution in [0.15, 0.2) is 5.38 Å². The maximum atomic E-state index is 11.6. The molecule has 1 rings (SSSR count). The van der Waals surface area contributed by atoms with E-state index in [1.807, 2.05) is 6.92 Å². The van der Waals surface area contributed by atoms with Gasteiger partial charge in [-0.05, 0) is 6.92 Å². The molecule has 0 saturated carbocycles. The summed E-state index contributed by atoms with van der Waals surface area (Å²) >= 11 is 1.36. The third-order valence-electron chi connectivity index (χ3n) is 1.93. The maximum Gasteiger partial charge on any atom is 0.270 e. The fourth-order valence-electron chi connectivity index (χ4n) is 1.11. The van der Waals surface area contributed by atoms with E-state index in [1.165, 1.54) is 18.3 Å². The van der Waals surface area contributed by atoms with Crippen molar-refractivity contribution < 1.29 is 9.59 Å². The Morgan fingerprint density at radius 1 is 1.47 bits per heavy atom. The van der Waals surface area contributed by atoms with Crippen LogP contribution >= 0.6 is 11.3 Å². The Morgan fingerprint density at radius 2 is 2.12 bits per heavy atom. The third kappa shape index (κ3) is 4.49. The number of nitrogens with two attached hydrogens (primary N) is 1. The number of rotatable bonds is 5. The van der Waals surface area contributed by atoms with Crippen molar-refractivity contribution in [1.82, 2.24) is 15.6 Å². The van der Waals surface area contributed by atoms with Crippen LogP contribution in [0.1, 0.15) is 35.4 Å². The van der Waals surface area contributed by atoms with Crippen molar-refractivity contribution in [2.45, 2.75) is 19.9 Å². The molecule has 17 heavy (non-hydrogen) atoms. The lowest BCUT2D eigenvalue weighted by Crippen LogP contribution is -2.33. The van der Waals surface area contributed by atoms with Crippen LogP contribution < -0.4 is 16.4 Å². The molecular formula is C10H16N4O2S. The molecule has 0 fully saturated rings. The van der Waals surface area contributed by atoms with Gasteiger partial charge in [-0.15, -0.1) is 11.3 Å².